The van der Waals surface area contributed by atoms with Crippen molar-refractivity contribution in [3.05, 3.63) is 83.9 Å². The number of nitrogens with two attached hydrogens (primary N) is 6. The maximum Gasteiger partial charge on any atom is 0.238 e. The Bertz CT molecular complexity index is 2060. The summed E-state index contributed by atoms with van der Waals surface area (Å²) in [5, 5.41) is 10.9. The predicted octanol–water partition coefficient (Wildman–Crippen LogP) is 0.761. The van der Waals surface area contributed by atoms with Crippen molar-refractivity contribution >= 4 is 62.5 Å². The van der Waals surface area contributed by atoms with Crippen LogP contribution in [-0.4, -0.2) is 33.7 Å². The molecule has 0 radical (unpaired) electrons. The van der Waals surface area contributed by atoms with Gasteiger partial charge in [0.05, 0.1) is 40.7 Å². The fourth-order valence-corrected chi connectivity index (χ4v) is 9.71. The molecule has 0 aromatic heterocycles. The summed E-state index contributed by atoms with van der Waals surface area (Å²) in [6.07, 6.45) is -1.17. The SMILES string of the molecule is Nc1ccc(S(=O)(=O)c2c(N)ccc(S(N)(=O)=O)c2CCc2c(S(N)(=O)=O)ccc(N)c2S(=O)(=O)c2ccc(N)cc2)cc1. The Hall–Kier alpha value is -4.20. The second kappa shape index (κ2) is 11.4. The van der Waals surface area contributed by atoms with Gasteiger partial charge >= 0.3 is 0 Å². The molecule has 234 valence electrons. The van der Waals surface area contributed by atoms with E-state index in [1.807, 2.05) is 0 Å². The quantitative estimate of drug-likeness (QED) is 0.134. The number of nitrogen functional groups attached to an aromatic ring is 4. The van der Waals surface area contributed by atoms with Crippen LogP contribution in [0.3, 0.4) is 0 Å². The summed E-state index contributed by atoms with van der Waals surface area (Å²) in [5.41, 5.74) is 22.5. The lowest BCUT2D eigenvalue weighted by atomic mass is 10.0. The van der Waals surface area contributed by atoms with Crippen LogP contribution in [0.1, 0.15) is 11.1 Å². The Balaban J connectivity index is 2.01. The van der Waals surface area contributed by atoms with E-state index in [1.54, 1.807) is 0 Å². The van der Waals surface area contributed by atoms with Crippen molar-refractivity contribution in [3.63, 3.8) is 0 Å². The molecule has 0 spiro atoms. The van der Waals surface area contributed by atoms with Gasteiger partial charge in [0.1, 0.15) is 0 Å². The first-order chi connectivity index (χ1) is 20.3. The summed E-state index contributed by atoms with van der Waals surface area (Å²) in [6.45, 7) is 0. The molecule has 0 aliphatic rings. The molecule has 0 saturated heterocycles. The minimum atomic E-state index is -4.60. The number of hydrogen-bond acceptors (Lipinski definition) is 12. The monoisotopic (exact) mass is 680 g/mol. The van der Waals surface area contributed by atoms with Crippen LogP contribution in [0.4, 0.5) is 22.7 Å². The van der Waals surface area contributed by atoms with E-state index in [0.29, 0.717) is 0 Å². The molecule has 0 unspecified atom stereocenters. The van der Waals surface area contributed by atoms with Crippen LogP contribution >= 0.6 is 0 Å². The van der Waals surface area contributed by atoms with Gasteiger partial charge in [-0.05, 0) is 96.8 Å². The summed E-state index contributed by atoms with van der Waals surface area (Å²) >= 11 is 0. The summed E-state index contributed by atoms with van der Waals surface area (Å²) in [6, 6.07) is 14.1. The fraction of sp³-hybridized carbons (Fsp3) is 0.0769. The van der Waals surface area contributed by atoms with Gasteiger partial charge in [0.25, 0.3) is 0 Å². The zero-order valence-corrected chi connectivity index (χ0v) is 26.0. The summed E-state index contributed by atoms with van der Waals surface area (Å²) in [7, 11) is -18.3. The van der Waals surface area contributed by atoms with Crippen LogP contribution in [0, 0.1) is 0 Å². The lowest BCUT2D eigenvalue weighted by Gasteiger charge is -2.20. The second-order valence-corrected chi connectivity index (χ2v) is 16.5. The average molecular weight is 681 g/mol. The highest BCUT2D eigenvalue weighted by molar-refractivity contribution is 7.92. The summed E-state index contributed by atoms with van der Waals surface area (Å²) < 4.78 is 106. The van der Waals surface area contributed by atoms with Crippen molar-refractivity contribution in [2.75, 3.05) is 22.9 Å². The molecule has 4 aromatic rings. The third-order valence-electron chi connectivity index (χ3n) is 6.65. The van der Waals surface area contributed by atoms with Gasteiger partial charge in [0, 0.05) is 11.4 Å². The van der Waals surface area contributed by atoms with E-state index < -0.39 is 83.3 Å². The third kappa shape index (κ3) is 6.21. The number of primary sulfonamides is 2. The first kappa shape index (κ1) is 32.7. The minimum Gasteiger partial charge on any atom is -0.399 e. The molecule has 0 fully saturated rings. The van der Waals surface area contributed by atoms with Crippen LogP contribution in [0.25, 0.3) is 0 Å². The standard InChI is InChI=1S/C26H28N6O8S4/c27-15-1-5-17(6-2-15)41(33,34)25-19(23(43(31,37)38)13-11-21(25)29)9-10-20-24(44(32,39)40)14-12-22(30)26(20)42(35,36)18-7-3-16(28)4-8-18/h1-8,11-14H,9-10,27-30H2,(H2,31,37,38)(H2,32,39,40). The molecule has 0 bridgehead atoms. The van der Waals surface area contributed by atoms with E-state index in [9.17, 15) is 33.7 Å². The van der Waals surface area contributed by atoms with Gasteiger partial charge in [0.15, 0.2) is 0 Å². The molecule has 0 aliphatic heterocycles. The zero-order chi connectivity index (χ0) is 32.8. The van der Waals surface area contributed by atoms with Gasteiger partial charge in [-0.2, -0.15) is 0 Å². The van der Waals surface area contributed by atoms with Gasteiger partial charge in [-0.1, -0.05) is 0 Å². The molecule has 4 aromatic carbocycles. The summed E-state index contributed by atoms with van der Waals surface area (Å²) in [4.78, 5) is -3.09. The number of sulfonamides is 2. The van der Waals surface area contributed by atoms with Gasteiger partial charge in [0.2, 0.25) is 39.7 Å². The number of benzene rings is 4. The Morgan fingerprint density at radius 3 is 1.00 bits per heavy atom. The van der Waals surface area contributed by atoms with E-state index in [2.05, 4.69) is 0 Å². The average Bonchev–Trinajstić information content (AvgIpc) is 2.90. The molecule has 0 aliphatic carbocycles. The lowest BCUT2D eigenvalue weighted by Crippen LogP contribution is -2.21. The van der Waals surface area contributed by atoms with Crippen LogP contribution in [-0.2, 0) is 52.6 Å². The molecule has 44 heavy (non-hydrogen) atoms. The van der Waals surface area contributed by atoms with Crippen LogP contribution < -0.4 is 33.2 Å². The van der Waals surface area contributed by atoms with Crippen molar-refractivity contribution in [1.29, 1.82) is 0 Å². The molecule has 0 amide bonds. The van der Waals surface area contributed by atoms with E-state index in [0.717, 1.165) is 24.3 Å². The van der Waals surface area contributed by atoms with Crippen LogP contribution in [0.5, 0.6) is 0 Å². The van der Waals surface area contributed by atoms with E-state index in [-0.39, 0.29) is 32.5 Å². The Morgan fingerprint density at radius 2 is 0.727 bits per heavy atom. The highest BCUT2D eigenvalue weighted by atomic mass is 32.2. The third-order valence-corrected chi connectivity index (χ3v) is 12.5. The molecule has 12 N–H and O–H groups in total. The number of anilines is 4. The number of sulfone groups is 2. The van der Waals surface area contributed by atoms with Crippen molar-refractivity contribution < 1.29 is 33.7 Å². The van der Waals surface area contributed by atoms with Crippen molar-refractivity contribution in [2.24, 2.45) is 10.3 Å². The Kier molecular flexibility index (Phi) is 8.46. The normalized spacial score (nSPS) is 12.7. The molecule has 0 saturated carbocycles. The molecule has 4 rings (SSSR count). The Labute approximate surface area is 254 Å². The smallest absolute Gasteiger partial charge is 0.238 e. The van der Waals surface area contributed by atoms with Gasteiger partial charge in [-0.25, -0.2) is 43.9 Å². The maximum absolute atomic E-state index is 13.8. The molecular formula is C26H28N6O8S4. The molecule has 0 heterocycles. The van der Waals surface area contributed by atoms with Gasteiger partial charge in [-0.15, -0.1) is 0 Å². The minimum absolute atomic E-state index is 0.252. The Morgan fingerprint density at radius 1 is 0.432 bits per heavy atom. The van der Waals surface area contributed by atoms with E-state index in [4.69, 9.17) is 33.2 Å². The number of rotatable bonds is 9. The topological polar surface area (TPSA) is 293 Å². The highest BCUT2D eigenvalue weighted by Gasteiger charge is 2.32. The largest absolute Gasteiger partial charge is 0.399 e. The van der Waals surface area contributed by atoms with E-state index >= 15 is 0 Å². The number of hydrogen-bond donors (Lipinski definition) is 6. The first-order valence-corrected chi connectivity index (χ1v) is 18.4. The van der Waals surface area contributed by atoms with E-state index in [1.165, 1.54) is 48.5 Å². The van der Waals surface area contributed by atoms with Crippen molar-refractivity contribution in [1.82, 2.24) is 0 Å². The van der Waals surface area contributed by atoms with Gasteiger partial charge in [-0.3, -0.25) is 0 Å². The second-order valence-electron chi connectivity index (χ2n) is 9.66. The van der Waals surface area contributed by atoms with Crippen LogP contribution in [0.2, 0.25) is 0 Å². The molecular weight excluding hydrogens is 653 g/mol. The molecule has 14 nitrogen and oxygen atoms in total. The fourth-order valence-electron chi connectivity index (χ4n) is 4.68. The maximum atomic E-state index is 13.8. The lowest BCUT2D eigenvalue weighted by molar-refractivity contribution is 0.586. The predicted molar refractivity (Wildman–Crippen MR) is 164 cm³/mol. The molecule has 18 heteroatoms. The molecule has 0 atom stereocenters. The zero-order valence-electron chi connectivity index (χ0n) is 22.7. The van der Waals surface area contributed by atoms with Gasteiger partial charge < -0.3 is 22.9 Å². The first-order valence-electron chi connectivity index (χ1n) is 12.4. The highest BCUT2D eigenvalue weighted by Crippen LogP contribution is 2.37. The van der Waals surface area contributed by atoms with Crippen molar-refractivity contribution in [3.8, 4) is 0 Å². The summed E-state index contributed by atoms with van der Waals surface area (Å²) in [5.74, 6) is 0. The van der Waals surface area contributed by atoms with Crippen molar-refractivity contribution in [2.45, 2.75) is 42.2 Å². The van der Waals surface area contributed by atoms with Crippen LogP contribution in [0.15, 0.2) is 102 Å².